The lowest BCUT2D eigenvalue weighted by Crippen LogP contribution is -2.50. The molecule has 2 fully saturated rings. The van der Waals surface area contributed by atoms with Gasteiger partial charge in [-0.3, -0.25) is 9.69 Å². The molecule has 2 aliphatic rings. The lowest BCUT2D eigenvalue weighted by Gasteiger charge is -2.37. The SMILES string of the molecule is CN1CCC(=O)C12CCOCC2. The van der Waals surface area contributed by atoms with Crippen molar-refractivity contribution in [3.63, 3.8) is 0 Å². The number of carbonyl (C=O) groups is 1. The molecule has 0 bridgehead atoms. The molecule has 2 heterocycles. The summed E-state index contributed by atoms with van der Waals surface area (Å²) in [5, 5.41) is 0. The number of likely N-dealkylation sites (N-methyl/N-ethyl adjacent to an activating group) is 1. The average molecular weight is 169 g/mol. The quantitative estimate of drug-likeness (QED) is 0.527. The normalized spacial score (nSPS) is 29.9. The molecule has 3 heteroatoms. The number of rotatable bonds is 0. The Hall–Kier alpha value is -0.410. The maximum atomic E-state index is 11.7. The third kappa shape index (κ3) is 1.00. The predicted molar refractivity (Wildman–Crippen MR) is 45.0 cm³/mol. The van der Waals surface area contributed by atoms with E-state index in [-0.39, 0.29) is 5.54 Å². The van der Waals surface area contributed by atoms with Crippen molar-refractivity contribution < 1.29 is 9.53 Å². The van der Waals surface area contributed by atoms with Crippen LogP contribution in [0, 0.1) is 0 Å². The van der Waals surface area contributed by atoms with Gasteiger partial charge in [0.1, 0.15) is 0 Å². The van der Waals surface area contributed by atoms with Crippen molar-refractivity contribution in [2.75, 3.05) is 26.8 Å². The van der Waals surface area contributed by atoms with E-state index in [1.54, 1.807) is 0 Å². The Balaban J connectivity index is 2.20. The van der Waals surface area contributed by atoms with E-state index < -0.39 is 0 Å². The maximum Gasteiger partial charge on any atom is 0.154 e. The van der Waals surface area contributed by atoms with Gasteiger partial charge >= 0.3 is 0 Å². The fourth-order valence-corrected chi connectivity index (χ4v) is 2.30. The average Bonchev–Trinajstić information content (AvgIpc) is 2.36. The van der Waals surface area contributed by atoms with Crippen LogP contribution < -0.4 is 0 Å². The van der Waals surface area contributed by atoms with E-state index in [9.17, 15) is 4.79 Å². The minimum absolute atomic E-state index is 0.141. The minimum atomic E-state index is -0.141. The zero-order valence-corrected chi connectivity index (χ0v) is 7.51. The summed E-state index contributed by atoms with van der Waals surface area (Å²) in [4.78, 5) is 13.9. The molecule has 0 unspecified atom stereocenters. The van der Waals surface area contributed by atoms with Crippen molar-refractivity contribution in [1.29, 1.82) is 0 Å². The van der Waals surface area contributed by atoms with E-state index in [4.69, 9.17) is 4.74 Å². The van der Waals surface area contributed by atoms with Crippen LogP contribution in [0.3, 0.4) is 0 Å². The van der Waals surface area contributed by atoms with Crippen molar-refractivity contribution in [3.8, 4) is 0 Å². The number of nitrogens with zero attached hydrogens (tertiary/aromatic N) is 1. The number of carbonyl (C=O) groups excluding carboxylic acids is 1. The van der Waals surface area contributed by atoms with Gasteiger partial charge in [-0.2, -0.15) is 0 Å². The molecule has 0 aliphatic carbocycles. The smallest absolute Gasteiger partial charge is 0.154 e. The highest BCUT2D eigenvalue weighted by Crippen LogP contribution is 2.33. The lowest BCUT2D eigenvalue weighted by molar-refractivity contribution is -0.129. The third-order valence-electron chi connectivity index (χ3n) is 3.24. The van der Waals surface area contributed by atoms with E-state index in [1.807, 2.05) is 0 Å². The molecule has 0 aromatic heterocycles. The van der Waals surface area contributed by atoms with Crippen LogP contribution in [0.1, 0.15) is 19.3 Å². The van der Waals surface area contributed by atoms with Crippen LogP contribution in [0.15, 0.2) is 0 Å². The molecule has 3 nitrogen and oxygen atoms in total. The summed E-state index contributed by atoms with van der Waals surface area (Å²) in [6, 6.07) is 0. The first-order valence-corrected chi connectivity index (χ1v) is 4.58. The van der Waals surface area contributed by atoms with Crippen LogP contribution in [-0.2, 0) is 9.53 Å². The van der Waals surface area contributed by atoms with Gasteiger partial charge in [0.15, 0.2) is 5.78 Å². The first-order valence-electron chi connectivity index (χ1n) is 4.58. The summed E-state index contributed by atoms with van der Waals surface area (Å²) in [5.74, 6) is 0.424. The van der Waals surface area contributed by atoms with Crippen LogP contribution in [-0.4, -0.2) is 43.0 Å². The molecule has 2 aliphatic heterocycles. The molecule has 0 aromatic carbocycles. The topological polar surface area (TPSA) is 29.5 Å². The third-order valence-corrected chi connectivity index (χ3v) is 3.24. The van der Waals surface area contributed by atoms with Crippen molar-refractivity contribution in [1.82, 2.24) is 4.90 Å². The van der Waals surface area contributed by atoms with E-state index in [0.717, 1.165) is 39.0 Å². The molecule has 1 spiro atoms. The Morgan fingerprint density at radius 1 is 1.42 bits per heavy atom. The number of ketones is 1. The van der Waals surface area contributed by atoms with Gasteiger partial charge in [-0.25, -0.2) is 0 Å². The second kappa shape index (κ2) is 2.82. The molecule has 12 heavy (non-hydrogen) atoms. The Bertz CT molecular complexity index is 197. The Morgan fingerprint density at radius 2 is 2.08 bits per heavy atom. The van der Waals surface area contributed by atoms with E-state index in [0.29, 0.717) is 5.78 Å². The van der Waals surface area contributed by atoms with Crippen LogP contribution in [0.2, 0.25) is 0 Å². The largest absolute Gasteiger partial charge is 0.381 e. The van der Waals surface area contributed by atoms with E-state index >= 15 is 0 Å². The highest BCUT2D eigenvalue weighted by Gasteiger charge is 2.46. The van der Waals surface area contributed by atoms with Gasteiger partial charge in [-0.1, -0.05) is 0 Å². The summed E-state index contributed by atoms with van der Waals surface area (Å²) in [5.41, 5.74) is -0.141. The van der Waals surface area contributed by atoms with Crippen LogP contribution in [0.4, 0.5) is 0 Å². The lowest BCUT2D eigenvalue weighted by atomic mass is 9.86. The highest BCUT2D eigenvalue weighted by molar-refractivity contribution is 5.90. The Kier molecular flexibility index (Phi) is 1.93. The summed E-state index contributed by atoms with van der Waals surface area (Å²) in [6.07, 6.45) is 2.52. The van der Waals surface area contributed by atoms with Crippen molar-refractivity contribution in [2.45, 2.75) is 24.8 Å². The number of hydrogen-bond acceptors (Lipinski definition) is 3. The van der Waals surface area contributed by atoms with Gasteiger partial charge in [-0.15, -0.1) is 0 Å². The standard InChI is InChI=1S/C9H15NO2/c1-10-5-2-8(11)9(10)3-6-12-7-4-9/h2-7H2,1H3. The Labute approximate surface area is 72.7 Å². The van der Waals surface area contributed by atoms with Gasteiger partial charge in [0.05, 0.1) is 5.54 Å². The molecule has 0 radical (unpaired) electrons. The van der Waals surface area contributed by atoms with Crippen molar-refractivity contribution in [3.05, 3.63) is 0 Å². The molecule has 68 valence electrons. The highest BCUT2D eigenvalue weighted by atomic mass is 16.5. The number of likely N-dealkylation sites (tertiary alicyclic amines) is 1. The molecule has 2 saturated heterocycles. The van der Waals surface area contributed by atoms with Gasteiger partial charge in [0, 0.05) is 26.2 Å². The van der Waals surface area contributed by atoms with Gasteiger partial charge in [0.25, 0.3) is 0 Å². The van der Waals surface area contributed by atoms with Crippen molar-refractivity contribution >= 4 is 5.78 Å². The molecule has 0 N–H and O–H groups in total. The van der Waals surface area contributed by atoms with Gasteiger partial charge < -0.3 is 4.74 Å². The zero-order valence-electron chi connectivity index (χ0n) is 7.51. The first kappa shape index (κ1) is 8.20. The summed E-state index contributed by atoms with van der Waals surface area (Å²) >= 11 is 0. The molecule has 0 aromatic rings. The monoisotopic (exact) mass is 169 g/mol. The first-order chi connectivity index (χ1) is 5.76. The van der Waals surface area contributed by atoms with Crippen LogP contribution >= 0.6 is 0 Å². The zero-order chi connectivity index (χ0) is 8.60. The molecule has 0 atom stereocenters. The number of hydrogen-bond donors (Lipinski definition) is 0. The molecule has 2 rings (SSSR count). The van der Waals surface area contributed by atoms with Crippen LogP contribution in [0.5, 0.6) is 0 Å². The predicted octanol–water partition coefficient (Wildman–Crippen LogP) is 0.440. The van der Waals surface area contributed by atoms with E-state index in [1.165, 1.54) is 0 Å². The van der Waals surface area contributed by atoms with E-state index in [2.05, 4.69) is 11.9 Å². The number of ether oxygens (including phenoxy) is 1. The molecular weight excluding hydrogens is 154 g/mol. The minimum Gasteiger partial charge on any atom is -0.381 e. The fraction of sp³-hybridized carbons (Fsp3) is 0.889. The van der Waals surface area contributed by atoms with Crippen molar-refractivity contribution in [2.24, 2.45) is 0 Å². The fourth-order valence-electron chi connectivity index (χ4n) is 2.30. The van der Waals surface area contributed by atoms with Gasteiger partial charge in [0.2, 0.25) is 0 Å². The Morgan fingerprint density at radius 3 is 2.58 bits per heavy atom. The van der Waals surface area contributed by atoms with Crippen LogP contribution in [0.25, 0.3) is 0 Å². The summed E-state index contributed by atoms with van der Waals surface area (Å²) in [6.45, 7) is 2.42. The molecular formula is C9H15NO2. The summed E-state index contributed by atoms with van der Waals surface area (Å²) in [7, 11) is 2.05. The molecule has 0 amide bonds. The second-order valence-corrected chi connectivity index (χ2v) is 3.74. The second-order valence-electron chi connectivity index (χ2n) is 3.74. The number of Topliss-reactive ketones (excluding diaryl/α,β-unsaturated/α-hetero) is 1. The van der Waals surface area contributed by atoms with Gasteiger partial charge in [-0.05, 0) is 19.9 Å². The maximum absolute atomic E-state index is 11.7. The summed E-state index contributed by atoms with van der Waals surface area (Å²) < 4.78 is 5.27. The molecule has 0 saturated carbocycles.